The molecule has 0 bridgehead atoms. The molecule has 0 spiro atoms. The molecule has 4 N–H and O–H groups in total. The molecule has 3 nitrogen and oxygen atoms in total. The van der Waals surface area contributed by atoms with E-state index >= 15 is 0 Å². The van der Waals surface area contributed by atoms with E-state index < -0.39 is 0 Å². The smallest absolute Gasteiger partial charge is 0.0777 e. The molecule has 1 aromatic carbocycles. The van der Waals surface area contributed by atoms with Crippen molar-refractivity contribution in [3.8, 4) is 0 Å². The van der Waals surface area contributed by atoms with Crippen LogP contribution in [0.15, 0.2) is 47.9 Å². The Kier molecular flexibility index (Phi) is 2.14. The van der Waals surface area contributed by atoms with Gasteiger partial charge in [-0.15, -0.1) is 0 Å². The van der Waals surface area contributed by atoms with Crippen LogP contribution in [0.25, 0.3) is 0 Å². The van der Waals surface area contributed by atoms with Gasteiger partial charge in [-0.2, -0.15) is 0 Å². The van der Waals surface area contributed by atoms with Crippen LogP contribution in [-0.4, -0.2) is 0 Å². The molecule has 0 radical (unpaired) electrons. The molecule has 0 saturated carbocycles. The van der Waals surface area contributed by atoms with E-state index in [9.17, 15) is 0 Å². The van der Waals surface area contributed by atoms with Gasteiger partial charge in [0.2, 0.25) is 0 Å². The molecule has 1 aromatic rings. The van der Waals surface area contributed by atoms with Gasteiger partial charge in [-0.3, -0.25) is 0 Å². The highest BCUT2D eigenvalue weighted by molar-refractivity contribution is 5.78. The largest absolute Gasteiger partial charge is 0.403 e. The number of hydrogen-bond donors (Lipinski definition) is 3. The average molecular weight is 187 g/mol. The Morgan fingerprint density at radius 1 is 1.07 bits per heavy atom. The topological polar surface area (TPSA) is 50.1 Å². The minimum Gasteiger partial charge on any atom is -0.403 e. The summed E-state index contributed by atoms with van der Waals surface area (Å²) in [6, 6.07) is 8.03. The highest BCUT2D eigenvalue weighted by atomic mass is 15.1. The molecule has 0 aliphatic carbocycles. The van der Waals surface area contributed by atoms with E-state index in [0.29, 0.717) is 0 Å². The number of nitrogens with one attached hydrogen (secondary N) is 2. The number of fused-ring (bicyclic) bond motifs is 1. The normalized spacial score (nSPS) is 20.1. The highest BCUT2D eigenvalue weighted by Crippen LogP contribution is 2.30. The second kappa shape index (κ2) is 3.46. The van der Waals surface area contributed by atoms with Gasteiger partial charge in [-0.25, -0.2) is 0 Å². The fourth-order valence-electron chi connectivity index (χ4n) is 1.49. The molecule has 0 fully saturated rings. The third kappa shape index (κ3) is 1.33. The number of rotatable bonds is 0. The summed E-state index contributed by atoms with van der Waals surface area (Å²) in [7, 11) is 0. The molecule has 14 heavy (non-hydrogen) atoms. The zero-order valence-corrected chi connectivity index (χ0v) is 8.04. The summed E-state index contributed by atoms with van der Waals surface area (Å²) < 4.78 is 0. The summed E-state index contributed by atoms with van der Waals surface area (Å²) in [6.07, 6.45) is 3.56. The Morgan fingerprint density at radius 3 is 2.14 bits per heavy atom. The summed E-state index contributed by atoms with van der Waals surface area (Å²) in [5.41, 5.74) is 9.56. The van der Waals surface area contributed by atoms with E-state index in [0.717, 1.165) is 22.8 Å². The molecule has 1 aliphatic rings. The average Bonchev–Trinajstić information content (AvgIpc) is 2.27. The predicted octanol–water partition coefficient (Wildman–Crippen LogP) is 2.23. The van der Waals surface area contributed by atoms with E-state index in [-0.39, 0.29) is 0 Å². The lowest BCUT2D eigenvalue weighted by atomic mass is 10.1. The number of hydrogen-bond acceptors (Lipinski definition) is 3. The van der Waals surface area contributed by atoms with Gasteiger partial charge in [0, 0.05) is 6.20 Å². The molecule has 0 unspecified atom stereocenters. The van der Waals surface area contributed by atoms with Crippen LogP contribution in [0.2, 0.25) is 0 Å². The van der Waals surface area contributed by atoms with E-state index in [1.54, 1.807) is 6.20 Å². The fraction of sp³-hybridized carbons (Fsp3) is 0.0909. The van der Waals surface area contributed by atoms with Crippen molar-refractivity contribution in [2.24, 2.45) is 5.73 Å². The van der Waals surface area contributed by atoms with Crippen LogP contribution in [0.1, 0.15) is 6.92 Å². The van der Waals surface area contributed by atoms with E-state index in [1.807, 2.05) is 37.3 Å². The number of allylic oxidation sites excluding steroid dienone is 1. The Labute approximate surface area is 83.3 Å². The quantitative estimate of drug-likeness (QED) is 0.583. The van der Waals surface area contributed by atoms with Gasteiger partial charge in [-0.1, -0.05) is 18.2 Å². The van der Waals surface area contributed by atoms with Gasteiger partial charge in [0.05, 0.1) is 22.8 Å². The number of nitrogens with two attached hydrogens (primary N) is 1. The third-order valence-corrected chi connectivity index (χ3v) is 2.21. The lowest BCUT2D eigenvalue weighted by Crippen LogP contribution is -2.17. The molecule has 1 aliphatic heterocycles. The van der Waals surface area contributed by atoms with Gasteiger partial charge in [0.15, 0.2) is 0 Å². The highest BCUT2D eigenvalue weighted by Gasteiger charge is 2.13. The number of benzene rings is 1. The summed E-state index contributed by atoms with van der Waals surface area (Å²) >= 11 is 0. The SMILES string of the molecule is C/C=C1/Nc2ccccc2N/C1=C/N. The molecular weight excluding hydrogens is 174 g/mol. The first-order chi connectivity index (χ1) is 6.85. The summed E-state index contributed by atoms with van der Waals surface area (Å²) in [5, 5.41) is 6.55. The van der Waals surface area contributed by atoms with E-state index in [1.165, 1.54) is 0 Å². The molecule has 0 amide bonds. The summed E-state index contributed by atoms with van der Waals surface area (Å²) in [4.78, 5) is 0. The van der Waals surface area contributed by atoms with Crippen LogP contribution in [0, 0.1) is 0 Å². The molecule has 0 atom stereocenters. The predicted molar refractivity (Wildman–Crippen MR) is 59.7 cm³/mol. The Balaban J connectivity index is 2.45. The van der Waals surface area contributed by atoms with Crippen LogP contribution in [-0.2, 0) is 0 Å². The third-order valence-electron chi connectivity index (χ3n) is 2.21. The molecule has 2 rings (SSSR count). The van der Waals surface area contributed by atoms with Crippen molar-refractivity contribution in [2.45, 2.75) is 6.92 Å². The fourth-order valence-corrected chi connectivity index (χ4v) is 1.49. The maximum absolute atomic E-state index is 5.52. The van der Waals surface area contributed by atoms with Gasteiger partial charge in [0.25, 0.3) is 0 Å². The Hall–Kier alpha value is -1.90. The van der Waals surface area contributed by atoms with Crippen molar-refractivity contribution >= 4 is 11.4 Å². The van der Waals surface area contributed by atoms with E-state index in [2.05, 4.69) is 10.6 Å². The summed E-state index contributed by atoms with van der Waals surface area (Å²) in [5.74, 6) is 0. The standard InChI is InChI=1S/C11H13N3/c1-2-8-11(7-12)14-10-6-4-3-5-9(10)13-8/h2-7,13-14H,12H2,1H3/b8-2+,11-7+. The first-order valence-corrected chi connectivity index (χ1v) is 4.57. The maximum Gasteiger partial charge on any atom is 0.0777 e. The number of para-hydroxylation sites is 2. The molecule has 3 heteroatoms. The molecule has 0 aromatic heterocycles. The van der Waals surface area contributed by atoms with Crippen molar-refractivity contribution in [3.63, 3.8) is 0 Å². The summed E-state index contributed by atoms with van der Waals surface area (Å²) in [6.45, 7) is 1.97. The minimum atomic E-state index is 0.909. The zero-order chi connectivity index (χ0) is 9.97. The molecule has 72 valence electrons. The van der Waals surface area contributed by atoms with Crippen molar-refractivity contribution in [2.75, 3.05) is 10.6 Å². The number of anilines is 2. The van der Waals surface area contributed by atoms with Gasteiger partial charge in [-0.05, 0) is 19.1 Å². The van der Waals surface area contributed by atoms with Gasteiger partial charge in [0.1, 0.15) is 0 Å². The first-order valence-electron chi connectivity index (χ1n) is 4.57. The maximum atomic E-state index is 5.52. The molecule has 1 heterocycles. The van der Waals surface area contributed by atoms with Crippen LogP contribution >= 0.6 is 0 Å². The van der Waals surface area contributed by atoms with Crippen LogP contribution in [0.3, 0.4) is 0 Å². The second-order valence-corrected chi connectivity index (χ2v) is 3.08. The van der Waals surface area contributed by atoms with Crippen molar-refractivity contribution < 1.29 is 0 Å². The van der Waals surface area contributed by atoms with Gasteiger partial charge >= 0.3 is 0 Å². The van der Waals surface area contributed by atoms with Crippen LogP contribution in [0.5, 0.6) is 0 Å². The lowest BCUT2D eigenvalue weighted by Gasteiger charge is -2.24. The minimum absolute atomic E-state index is 0.909. The molecule has 0 saturated heterocycles. The first kappa shape index (κ1) is 8.69. The van der Waals surface area contributed by atoms with Crippen molar-refractivity contribution in [1.29, 1.82) is 0 Å². The van der Waals surface area contributed by atoms with Crippen molar-refractivity contribution in [3.05, 3.63) is 47.9 Å². The van der Waals surface area contributed by atoms with Crippen LogP contribution < -0.4 is 16.4 Å². The van der Waals surface area contributed by atoms with Gasteiger partial charge < -0.3 is 16.4 Å². The zero-order valence-electron chi connectivity index (χ0n) is 8.04. The Morgan fingerprint density at radius 2 is 1.64 bits per heavy atom. The molecular formula is C11H13N3. The van der Waals surface area contributed by atoms with Crippen molar-refractivity contribution in [1.82, 2.24) is 0 Å². The van der Waals surface area contributed by atoms with E-state index in [4.69, 9.17) is 5.73 Å². The monoisotopic (exact) mass is 187 g/mol. The lowest BCUT2D eigenvalue weighted by molar-refractivity contribution is 1.25. The van der Waals surface area contributed by atoms with Crippen LogP contribution in [0.4, 0.5) is 11.4 Å². The Bertz CT molecular complexity index is 366. The second-order valence-electron chi connectivity index (χ2n) is 3.08.